The fraction of sp³-hybridized carbons (Fsp3) is 0.139. The van der Waals surface area contributed by atoms with E-state index in [0.29, 0.717) is 13.2 Å². The first-order valence-corrected chi connectivity index (χ1v) is 14.4. The van der Waals surface area contributed by atoms with E-state index in [-0.39, 0.29) is 73.2 Å². The molecule has 0 aromatic carbocycles. The van der Waals surface area contributed by atoms with Gasteiger partial charge < -0.3 is 65.9 Å². The Bertz CT molecular complexity index is 1570. The Morgan fingerprint density at radius 1 is 0.500 bits per heavy atom. The molecule has 10 nitrogen and oxygen atoms in total. The Balaban J connectivity index is 0. The Hall–Kier alpha value is -4.10. The van der Waals surface area contributed by atoms with Gasteiger partial charge in [-0.25, -0.2) is 9.97 Å². The summed E-state index contributed by atoms with van der Waals surface area (Å²) in [5.74, 6) is 1.54. The maximum absolute atomic E-state index is 7.32. The van der Waals surface area contributed by atoms with Crippen molar-refractivity contribution in [3.05, 3.63) is 122 Å². The van der Waals surface area contributed by atoms with Crippen LogP contribution in [0, 0.1) is 11.3 Å². The van der Waals surface area contributed by atoms with E-state index in [4.69, 9.17) is 14.7 Å². The predicted octanol–water partition coefficient (Wildman–Crippen LogP) is -2.08. The maximum Gasteiger partial charge on any atom is 3.00 e. The average molecular weight is 912 g/mol. The second-order valence-electron chi connectivity index (χ2n) is 9.10. The Morgan fingerprint density at radius 2 is 0.740 bits per heavy atom. The number of hydrogen-bond acceptors (Lipinski definition) is 9. The van der Waals surface area contributed by atoms with E-state index in [0.717, 1.165) is 57.1 Å². The quantitative estimate of drug-likeness (QED) is 0.168. The minimum atomic E-state index is 0. The number of ether oxygens (including phenoxy) is 2. The average Bonchev–Trinajstić information content (AvgIpc) is 3.10. The molecule has 0 aliphatic heterocycles. The van der Waals surface area contributed by atoms with E-state index >= 15 is 0 Å². The molecule has 6 rings (SSSR count). The van der Waals surface area contributed by atoms with Crippen LogP contribution in [-0.2, 0) is 16.8 Å². The van der Waals surface area contributed by atoms with Gasteiger partial charge in [-0.3, -0.25) is 19.9 Å². The van der Waals surface area contributed by atoms with E-state index < -0.39 is 0 Å². The Labute approximate surface area is 334 Å². The van der Waals surface area contributed by atoms with Crippen LogP contribution in [0.25, 0.3) is 45.6 Å². The number of rotatable bonds is 8. The summed E-state index contributed by atoms with van der Waals surface area (Å²) < 4.78 is 11.3. The monoisotopic (exact) mass is 909 g/mol. The summed E-state index contributed by atoms with van der Waals surface area (Å²) in [5.41, 5.74) is 6.38. The topological polar surface area (TPSA) is 151 Å². The van der Waals surface area contributed by atoms with Crippen LogP contribution in [0.1, 0.15) is 20.8 Å². The van der Waals surface area contributed by atoms with Gasteiger partial charge in [-0.15, -0.1) is 0 Å². The number of nitrogens with zero attached hydrogens (tertiary/aromatic N) is 7. The van der Waals surface area contributed by atoms with Crippen LogP contribution in [0.3, 0.4) is 0 Å². The van der Waals surface area contributed by atoms with Gasteiger partial charge in [0.15, 0.2) is 0 Å². The zero-order valence-corrected chi connectivity index (χ0v) is 33.2. The largest absolute Gasteiger partial charge is 3.00 e. The molecule has 0 aliphatic rings. The third kappa shape index (κ3) is 14.8. The number of aromatic nitrogens is 6. The molecule has 0 spiro atoms. The molecule has 0 aliphatic carbocycles. The van der Waals surface area contributed by atoms with Crippen LogP contribution in [0.5, 0.6) is 11.5 Å². The van der Waals surface area contributed by atoms with Gasteiger partial charge >= 0.3 is 16.8 Å². The fourth-order valence-electron chi connectivity index (χ4n) is 4.09. The van der Waals surface area contributed by atoms with Crippen molar-refractivity contribution >= 4 is 0 Å². The van der Waals surface area contributed by atoms with Gasteiger partial charge in [0.05, 0.1) is 64.8 Å². The van der Waals surface area contributed by atoms with Crippen molar-refractivity contribution in [2.24, 2.45) is 0 Å². The number of hydrogen-bond donors (Lipinski definition) is 0. The van der Waals surface area contributed by atoms with Crippen molar-refractivity contribution in [1.29, 1.82) is 5.26 Å². The molecule has 14 heteroatoms. The third-order valence-electron chi connectivity index (χ3n) is 5.93. The van der Waals surface area contributed by atoms with Crippen molar-refractivity contribution < 1.29 is 82.7 Å². The molecule has 6 aromatic heterocycles. The van der Waals surface area contributed by atoms with Gasteiger partial charge in [-0.2, -0.15) is 5.26 Å². The van der Waals surface area contributed by atoms with Crippen LogP contribution in [0.2, 0.25) is 0 Å². The standard InChI is InChI=1S/2C17H15N3O.C2H3N.3BrH.Co.H2O/c2*1-2-21-13-11-16(14-7-3-5-9-18-14)20-17(12-13)15-8-4-6-10-19-15;1-2-3;;;;;/h2*3-12H,2H2,1H3;1H3;3*1H;;1H2/q;;;;;;+3;/p-3. The second-order valence-corrected chi connectivity index (χ2v) is 9.10. The molecule has 0 bridgehead atoms. The summed E-state index contributed by atoms with van der Waals surface area (Å²) >= 11 is 0. The number of pyridine rings is 6. The summed E-state index contributed by atoms with van der Waals surface area (Å²) in [6.45, 7) is 6.56. The van der Waals surface area contributed by atoms with Crippen LogP contribution in [-0.4, -0.2) is 48.6 Å². The van der Waals surface area contributed by atoms with Crippen LogP contribution < -0.4 is 60.4 Å². The maximum atomic E-state index is 7.32. The Morgan fingerprint density at radius 3 is 0.920 bits per heavy atom. The summed E-state index contributed by atoms with van der Waals surface area (Å²) in [5, 5.41) is 7.32. The predicted molar refractivity (Wildman–Crippen MR) is 179 cm³/mol. The molecule has 0 amide bonds. The number of nitriles is 1. The first-order valence-electron chi connectivity index (χ1n) is 14.4. The van der Waals surface area contributed by atoms with Crippen molar-refractivity contribution in [2.45, 2.75) is 20.8 Å². The molecule has 0 fully saturated rings. The normalized spacial score (nSPS) is 8.84. The van der Waals surface area contributed by atoms with E-state index in [1.165, 1.54) is 6.92 Å². The van der Waals surface area contributed by atoms with Gasteiger partial charge in [-0.05, 0) is 62.4 Å². The molecule has 262 valence electrons. The van der Waals surface area contributed by atoms with Gasteiger partial charge in [0.25, 0.3) is 0 Å². The van der Waals surface area contributed by atoms with E-state index in [9.17, 15) is 0 Å². The fourth-order valence-corrected chi connectivity index (χ4v) is 4.09. The molecule has 6 aromatic rings. The molecule has 50 heavy (non-hydrogen) atoms. The molecule has 0 unspecified atom stereocenters. The minimum absolute atomic E-state index is 0. The van der Waals surface area contributed by atoms with Gasteiger partial charge in [0.2, 0.25) is 0 Å². The van der Waals surface area contributed by atoms with Crippen molar-refractivity contribution in [1.82, 2.24) is 29.9 Å². The molecular weight excluding hydrogens is 877 g/mol. The molecule has 6 heterocycles. The zero-order valence-electron chi connectivity index (χ0n) is 27.4. The molecule has 2 N–H and O–H groups in total. The second kappa shape index (κ2) is 26.7. The molecule has 0 radical (unpaired) electrons. The number of halogens is 3. The summed E-state index contributed by atoms with van der Waals surface area (Å²) in [4.78, 5) is 26.7. The first-order chi connectivity index (χ1) is 22.1. The molecule has 0 atom stereocenters. The van der Waals surface area contributed by atoms with Crippen molar-refractivity contribution in [3.8, 4) is 63.1 Å². The zero-order chi connectivity index (χ0) is 31.7. The van der Waals surface area contributed by atoms with Gasteiger partial charge in [-0.1, -0.05) is 24.3 Å². The minimum Gasteiger partial charge on any atom is -1.00 e. The smallest absolute Gasteiger partial charge is 1.00 e. The van der Waals surface area contributed by atoms with Crippen molar-refractivity contribution in [2.75, 3.05) is 13.2 Å². The third-order valence-corrected chi connectivity index (χ3v) is 5.93. The van der Waals surface area contributed by atoms with Crippen LogP contribution >= 0.6 is 0 Å². The summed E-state index contributed by atoms with van der Waals surface area (Å²) in [6.07, 6.45) is 7.02. The van der Waals surface area contributed by atoms with Crippen molar-refractivity contribution in [3.63, 3.8) is 0 Å². The van der Waals surface area contributed by atoms with E-state index in [2.05, 4.69) is 29.9 Å². The summed E-state index contributed by atoms with van der Waals surface area (Å²) in [6, 6.07) is 32.4. The molecule has 0 saturated heterocycles. The van der Waals surface area contributed by atoms with Crippen LogP contribution in [0.15, 0.2) is 122 Å². The Kier molecular flexibility index (Phi) is 25.7. The van der Waals surface area contributed by atoms with Gasteiger partial charge in [0.1, 0.15) is 11.5 Å². The van der Waals surface area contributed by atoms with E-state index in [1.54, 1.807) is 30.9 Å². The van der Waals surface area contributed by atoms with E-state index in [1.807, 2.05) is 111 Å². The first kappa shape index (κ1) is 48.0. The molecular formula is C36H35Br3CoN7O3. The summed E-state index contributed by atoms with van der Waals surface area (Å²) in [7, 11) is 0. The SMILES string of the molecule is CC#N.CCOc1cc(-c2ccccn2)nc(-c2ccccn2)c1.CCOc1cc(-c2ccccn2)nc(-c2ccccn2)c1.O.[Br-].[Br-].[Br-].[Co+3]. The van der Waals surface area contributed by atoms with Gasteiger partial charge in [0, 0.05) is 56.0 Å². The molecule has 0 saturated carbocycles. The van der Waals surface area contributed by atoms with Crippen LogP contribution in [0.4, 0.5) is 0 Å².